The lowest BCUT2D eigenvalue weighted by Crippen LogP contribution is -2.14. The monoisotopic (exact) mass is 278 g/mol. The molecule has 1 amide bonds. The fourth-order valence-electron chi connectivity index (χ4n) is 2.04. The number of nitrogen functional groups attached to an aromatic ring is 1. The Hall–Kier alpha value is -3.08. The molecule has 0 aliphatic heterocycles. The third-order valence-corrected chi connectivity index (χ3v) is 3.11. The minimum Gasteiger partial charge on any atom is -0.398 e. The molecule has 3 rings (SSSR count). The van der Waals surface area contributed by atoms with Crippen molar-refractivity contribution in [2.24, 2.45) is 0 Å². The summed E-state index contributed by atoms with van der Waals surface area (Å²) in [5, 5.41) is 9.72. The number of carbonyl (C=O) groups is 1. The van der Waals surface area contributed by atoms with Crippen LogP contribution < -0.4 is 11.1 Å². The third kappa shape index (κ3) is 2.76. The van der Waals surface area contributed by atoms with Crippen molar-refractivity contribution in [3.05, 3.63) is 66.2 Å². The number of anilines is 2. The largest absolute Gasteiger partial charge is 0.398 e. The third-order valence-electron chi connectivity index (χ3n) is 3.11. The molecule has 21 heavy (non-hydrogen) atoms. The number of nitrogens with one attached hydrogen (secondary N) is 2. The lowest BCUT2D eigenvalue weighted by molar-refractivity contribution is 0.102. The van der Waals surface area contributed by atoms with Gasteiger partial charge in [0.05, 0.1) is 11.3 Å². The molecular weight excluding hydrogens is 264 g/mol. The van der Waals surface area contributed by atoms with Crippen molar-refractivity contribution in [1.29, 1.82) is 0 Å². The van der Waals surface area contributed by atoms with Crippen molar-refractivity contribution in [2.75, 3.05) is 11.1 Å². The summed E-state index contributed by atoms with van der Waals surface area (Å²) >= 11 is 0. The number of amides is 1. The standard InChI is InChI=1S/C16H14N4O/c17-13-9-5-4-8-12(13)16(21)18-15-10-14(19-20-15)11-6-2-1-3-7-11/h1-10H,17H2,(H2,18,19,20,21). The first-order valence-corrected chi connectivity index (χ1v) is 6.51. The number of hydrogen-bond donors (Lipinski definition) is 3. The molecule has 0 saturated heterocycles. The Morgan fingerprint density at radius 1 is 1.05 bits per heavy atom. The molecule has 0 bridgehead atoms. The van der Waals surface area contributed by atoms with E-state index in [-0.39, 0.29) is 5.91 Å². The summed E-state index contributed by atoms with van der Waals surface area (Å²) in [6, 6.07) is 18.5. The van der Waals surface area contributed by atoms with Crippen molar-refractivity contribution in [3.63, 3.8) is 0 Å². The van der Waals surface area contributed by atoms with E-state index in [0.717, 1.165) is 11.3 Å². The highest BCUT2D eigenvalue weighted by Gasteiger charge is 2.11. The molecule has 104 valence electrons. The first-order valence-electron chi connectivity index (χ1n) is 6.51. The molecule has 0 fully saturated rings. The van der Waals surface area contributed by atoms with E-state index in [2.05, 4.69) is 15.5 Å². The van der Waals surface area contributed by atoms with Gasteiger partial charge in [-0.15, -0.1) is 0 Å². The van der Waals surface area contributed by atoms with E-state index in [1.807, 2.05) is 30.3 Å². The van der Waals surface area contributed by atoms with Crippen molar-refractivity contribution in [3.8, 4) is 11.3 Å². The summed E-state index contributed by atoms with van der Waals surface area (Å²) in [5.41, 5.74) is 8.50. The number of nitrogens with two attached hydrogens (primary N) is 1. The number of nitrogens with zero attached hydrogens (tertiary/aromatic N) is 1. The van der Waals surface area contributed by atoms with Crippen LogP contribution in [0, 0.1) is 0 Å². The predicted molar refractivity (Wildman–Crippen MR) is 82.8 cm³/mol. The number of H-pyrrole nitrogens is 1. The van der Waals surface area contributed by atoms with E-state index in [9.17, 15) is 4.79 Å². The number of carbonyl (C=O) groups excluding carboxylic acids is 1. The lowest BCUT2D eigenvalue weighted by atomic mass is 10.1. The Balaban J connectivity index is 1.79. The SMILES string of the molecule is Nc1ccccc1C(=O)Nc1cc(-c2ccccc2)[nH]n1. The topological polar surface area (TPSA) is 83.8 Å². The van der Waals surface area contributed by atoms with Crippen molar-refractivity contribution >= 4 is 17.4 Å². The average molecular weight is 278 g/mol. The van der Waals surface area contributed by atoms with E-state index < -0.39 is 0 Å². The normalized spacial score (nSPS) is 10.3. The number of aromatic nitrogens is 2. The van der Waals surface area contributed by atoms with Gasteiger partial charge in [-0.2, -0.15) is 5.10 Å². The molecule has 0 radical (unpaired) electrons. The Morgan fingerprint density at radius 3 is 2.52 bits per heavy atom. The second-order valence-electron chi connectivity index (χ2n) is 4.57. The van der Waals surface area contributed by atoms with Gasteiger partial charge in [-0.1, -0.05) is 42.5 Å². The first-order chi connectivity index (χ1) is 10.2. The molecule has 0 atom stereocenters. The maximum absolute atomic E-state index is 12.1. The fraction of sp³-hybridized carbons (Fsp3) is 0. The molecule has 5 nitrogen and oxygen atoms in total. The van der Waals surface area contributed by atoms with Gasteiger partial charge >= 0.3 is 0 Å². The minimum absolute atomic E-state index is 0.279. The minimum atomic E-state index is -0.279. The molecule has 1 aromatic heterocycles. The highest BCUT2D eigenvalue weighted by Crippen LogP contribution is 2.20. The maximum atomic E-state index is 12.1. The number of aromatic amines is 1. The molecule has 2 aromatic carbocycles. The van der Waals surface area contributed by atoms with Gasteiger partial charge in [0.25, 0.3) is 5.91 Å². The molecule has 4 N–H and O–H groups in total. The fourth-order valence-corrected chi connectivity index (χ4v) is 2.04. The lowest BCUT2D eigenvalue weighted by Gasteiger charge is -2.04. The summed E-state index contributed by atoms with van der Waals surface area (Å²) < 4.78 is 0. The molecule has 0 unspecified atom stereocenters. The highest BCUT2D eigenvalue weighted by molar-refractivity contribution is 6.07. The van der Waals surface area contributed by atoms with Crippen LogP contribution in [0.1, 0.15) is 10.4 Å². The zero-order chi connectivity index (χ0) is 14.7. The molecule has 0 saturated carbocycles. The number of hydrogen-bond acceptors (Lipinski definition) is 3. The van der Waals surface area contributed by atoms with Gasteiger partial charge in [0.15, 0.2) is 5.82 Å². The second-order valence-corrected chi connectivity index (χ2v) is 4.57. The molecule has 0 aliphatic carbocycles. The summed E-state index contributed by atoms with van der Waals surface area (Å²) in [6.07, 6.45) is 0. The zero-order valence-corrected chi connectivity index (χ0v) is 11.2. The quantitative estimate of drug-likeness (QED) is 0.644. The van der Waals surface area contributed by atoms with Crippen LogP contribution in [-0.4, -0.2) is 16.1 Å². The van der Waals surface area contributed by atoms with Gasteiger partial charge < -0.3 is 11.1 Å². The van der Waals surface area contributed by atoms with Gasteiger partial charge in [0, 0.05) is 11.8 Å². The Kier molecular flexibility index (Phi) is 3.39. The van der Waals surface area contributed by atoms with E-state index >= 15 is 0 Å². The Morgan fingerprint density at radius 2 is 1.76 bits per heavy atom. The predicted octanol–water partition coefficient (Wildman–Crippen LogP) is 2.91. The summed E-state index contributed by atoms with van der Waals surface area (Å²) in [6.45, 7) is 0. The van der Waals surface area contributed by atoms with Gasteiger partial charge in [-0.25, -0.2) is 0 Å². The molecule has 0 spiro atoms. The molecule has 0 aliphatic rings. The summed E-state index contributed by atoms with van der Waals surface area (Å²) in [7, 11) is 0. The van der Waals surface area contributed by atoms with Gasteiger partial charge in [-0.3, -0.25) is 9.89 Å². The zero-order valence-electron chi connectivity index (χ0n) is 11.2. The second kappa shape index (κ2) is 5.50. The molecule has 5 heteroatoms. The van der Waals surface area contributed by atoms with Crippen LogP contribution in [0.5, 0.6) is 0 Å². The van der Waals surface area contributed by atoms with Crippen LogP contribution in [0.4, 0.5) is 11.5 Å². The van der Waals surface area contributed by atoms with Gasteiger partial charge in [0.1, 0.15) is 0 Å². The molecular formula is C16H14N4O. The van der Waals surface area contributed by atoms with E-state index in [4.69, 9.17) is 5.73 Å². The number of para-hydroxylation sites is 1. The van der Waals surface area contributed by atoms with E-state index in [1.54, 1.807) is 30.3 Å². The molecule has 1 heterocycles. The summed E-state index contributed by atoms with van der Waals surface area (Å²) in [4.78, 5) is 12.1. The highest BCUT2D eigenvalue weighted by atomic mass is 16.1. The van der Waals surface area contributed by atoms with E-state index in [1.165, 1.54) is 0 Å². The smallest absolute Gasteiger partial charge is 0.258 e. The number of benzene rings is 2. The summed E-state index contributed by atoms with van der Waals surface area (Å²) in [5.74, 6) is 0.182. The van der Waals surface area contributed by atoms with Crippen molar-refractivity contribution in [1.82, 2.24) is 10.2 Å². The van der Waals surface area contributed by atoms with E-state index in [0.29, 0.717) is 17.1 Å². The van der Waals surface area contributed by atoms with Crippen molar-refractivity contribution in [2.45, 2.75) is 0 Å². The Labute approximate surface area is 121 Å². The average Bonchev–Trinajstić information content (AvgIpc) is 2.97. The van der Waals surface area contributed by atoms with Crippen LogP contribution in [-0.2, 0) is 0 Å². The van der Waals surface area contributed by atoms with Crippen LogP contribution >= 0.6 is 0 Å². The van der Waals surface area contributed by atoms with Crippen LogP contribution in [0.25, 0.3) is 11.3 Å². The van der Waals surface area contributed by atoms with Crippen LogP contribution in [0.15, 0.2) is 60.7 Å². The van der Waals surface area contributed by atoms with Crippen molar-refractivity contribution < 1.29 is 4.79 Å². The molecule has 3 aromatic rings. The first kappa shape index (κ1) is 12.9. The van der Waals surface area contributed by atoms with Crippen LogP contribution in [0.2, 0.25) is 0 Å². The Bertz CT molecular complexity index is 765. The maximum Gasteiger partial charge on any atom is 0.258 e. The van der Waals surface area contributed by atoms with Crippen LogP contribution in [0.3, 0.4) is 0 Å². The van der Waals surface area contributed by atoms with Gasteiger partial charge in [0.2, 0.25) is 0 Å². The van der Waals surface area contributed by atoms with Gasteiger partial charge in [-0.05, 0) is 17.7 Å². The number of rotatable bonds is 3.